The van der Waals surface area contributed by atoms with Gasteiger partial charge in [-0.05, 0) is 0 Å². The lowest BCUT2D eigenvalue weighted by atomic mass is 10.6. The highest BCUT2D eigenvalue weighted by Gasteiger charge is 1.91. The Morgan fingerprint density at radius 2 is 0.842 bits per heavy atom. The van der Waals surface area contributed by atoms with Gasteiger partial charge in [0.25, 0.3) is 0 Å². The summed E-state index contributed by atoms with van der Waals surface area (Å²) in [5.74, 6) is 0. The molecule has 0 fully saturated rings. The van der Waals surface area contributed by atoms with E-state index in [1.807, 2.05) is 0 Å². The van der Waals surface area contributed by atoms with Crippen molar-refractivity contribution in [2.75, 3.05) is 78.9 Å². The predicted octanol–water partition coefficient (Wildman–Crippen LogP) is -1.87. The van der Waals surface area contributed by atoms with Crippen LogP contribution >= 0.6 is 0 Å². The first-order valence-electron chi connectivity index (χ1n) is 6.96. The van der Waals surface area contributed by atoms with Crippen LogP contribution in [0.1, 0.15) is 0 Å². The van der Waals surface area contributed by atoms with Gasteiger partial charge in [-0.1, -0.05) is 0 Å². The summed E-state index contributed by atoms with van der Waals surface area (Å²) in [6.07, 6.45) is 0. The summed E-state index contributed by atoms with van der Waals surface area (Å²) in [5.41, 5.74) is 10.6. The normalized spacial score (nSPS) is 11.1. The molecule has 0 aliphatic rings. The van der Waals surface area contributed by atoms with Crippen LogP contribution in [-0.2, 0) is 14.2 Å². The molecule has 0 rings (SSSR count). The monoisotopic (exact) mass is 278 g/mol. The van der Waals surface area contributed by atoms with Crippen molar-refractivity contribution in [3.05, 3.63) is 0 Å². The van der Waals surface area contributed by atoms with Gasteiger partial charge in [0.2, 0.25) is 0 Å². The van der Waals surface area contributed by atoms with Crippen molar-refractivity contribution in [3.8, 4) is 0 Å². The third-order valence-electron chi connectivity index (χ3n) is 2.22. The zero-order valence-corrected chi connectivity index (χ0v) is 11.9. The summed E-state index contributed by atoms with van der Waals surface area (Å²) in [7, 11) is 0. The molecular formula is C12H30N4O3. The van der Waals surface area contributed by atoms with Gasteiger partial charge in [0, 0.05) is 39.3 Å². The van der Waals surface area contributed by atoms with Gasteiger partial charge in [0.1, 0.15) is 0 Å². The van der Waals surface area contributed by atoms with E-state index in [2.05, 4.69) is 10.6 Å². The van der Waals surface area contributed by atoms with Crippen LogP contribution < -0.4 is 22.1 Å². The Hall–Kier alpha value is -0.280. The molecule has 0 atom stereocenters. The smallest absolute Gasteiger partial charge is 0.0591 e. The van der Waals surface area contributed by atoms with Crippen LogP contribution in [0.3, 0.4) is 0 Å². The summed E-state index contributed by atoms with van der Waals surface area (Å²) in [6.45, 7) is 8.56. The molecule has 6 N–H and O–H groups in total. The molecule has 19 heavy (non-hydrogen) atoms. The molecule has 0 saturated heterocycles. The maximum atomic E-state index is 5.44. The average molecular weight is 278 g/mol. The van der Waals surface area contributed by atoms with E-state index in [0.717, 1.165) is 26.2 Å². The molecule has 0 amide bonds. The zero-order chi connectivity index (χ0) is 14.0. The van der Waals surface area contributed by atoms with E-state index in [1.165, 1.54) is 0 Å². The molecular weight excluding hydrogens is 248 g/mol. The Morgan fingerprint density at radius 3 is 1.16 bits per heavy atom. The van der Waals surface area contributed by atoms with E-state index in [4.69, 9.17) is 25.7 Å². The SMILES string of the molecule is NCCOCCNCCOCCNCCOCCN. The minimum Gasteiger partial charge on any atom is -0.379 e. The van der Waals surface area contributed by atoms with Crippen molar-refractivity contribution in [2.45, 2.75) is 0 Å². The molecule has 0 aliphatic carbocycles. The fraction of sp³-hybridized carbons (Fsp3) is 1.00. The largest absolute Gasteiger partial charge is 0.379 e. The van der Waals surface area contributed by atoms with Crippen LogP contribution in [0.25, 0.3) is 0 Å². The van der Waals surface area contributed by atoms with Crippen molar-refractivity contribution < 1.29 is 14.2 Å². The first-order valence-corrected chi connectivity index (χ1v) is 6.96. The fourth-order valence-corrected chi connectivity index (χ4v) is 1.30. The summed E-state index contributed by atoms with van der Waals surface area (Å²) >= 11 is 0. The minimum absolute atomic E-state index is 0.577. The molecule has 0 spiro atoms. The van der Waals surface area contributed by atoms with Gasteiger partial charge in [0.15, 0.2) is 0 Å². The average Bonchev–Trinajstić information content (AvgIpc) is 2.43. The van der Waals surface area contributed by atoms with Gasteiger partial charge in [-0.25, -0.2) is 0 Å². The predicted molar refractivity (Wildman–Crippen MR) is 76.3 cm³/mol. The van der Waals surface area contributed by atoms with Crippen LogP contribution in [0.5, 0.6) is 0 Å². The molecule has 0 saturated carbocycles. The molecule has 0 bridgehead atoms. The summed E-state index contributed by atoms with van der Waals surface area (Å²) in [4.78, 5) is 0. The lowest BCUT2D eigenvalue weighted by molar-refractivity contribution is 0.119. The Bertz CT molecular complexity index is 148. The number of nitrogens with two attached hydrogens (primary N) is 2. The molecule has 0 heterocycles. The standard InChI is InChI=1S/C12H30N4O3/c13-1-7-17-9-3-15-5-11-19-12-6-16-4-10-18-8-2-14/h15-16H,1-14H2. The number of ether oxygens (including phenoxy) is 3. The fourth-order valence-electron chi connectivity index (χ4n) is 1.30. The second-order valence-electron chi connectivity index (χ2n) is 3.91. The number of rotatable bonds is 16. The molecule has 0 unspecified atom stereocenters. The molecule has 7 heteroatoms. The van der Waals surface area contributed by atoms with Crippen LogP contribution in [-0.4, -0.2) is 78.9 Å². The molecule has 7 nitrogen and oxygen atoms in total. The van der Waals surface area contributed by atoms with Crippen molar-refractivity contribution >= 4 is 0 Å². The summed E-state index contributed by atoms with van der Waals surface area (Å²) < 4.78 is 15.9. The van der Waals surface area contributed by atoms with Gasteiger partial charge >= 0.3 is 0 Å². The Morgan fingerprint density at radius 1 is 0.526 bits per heavy atom. The third kappa shape index (κ3) is 17.7. The topological polar surface area (TPSA) is 104 Å². The highest BCUT2D eigenvalue weighted by molar-refractivity contribution is 4.48. The van der Waals surface area contributed by atoms with Gasteiger partial charge in [0.05, 0.1) is 39.6 Å². The Balaban J connectivity index is 2.88. The van der Waals surface area contributed by atoms with Crippen molar-refractivity contribution in [1.82, 2.24) is 10.6 Å². The number of hydrogen-bond acceptors (Lipinski definition) is 7. The lowest BCUT2D eigenvalue weighted by Crippen LogP contribution is -2.28. The van der Waals surface area contributed by atoms with Crippen LogP contribution in [0.2, 0.25) is 0 Å². The van der Waals surface area contributed by atoms with Crippen molar-refractivity contribution in [2.24, 2.45) is 11.5 Å². The molecule has 0 radical (unpaired) electrons. The number of nitrogens with one attached hydrogen (secondary N) is 2. The first kappa shape index (κ1) is 18.7. The van der Waals surface area contributed by atoms with E-state index in [0.29, 0.717) is 52.7 Å². The highest BCUT2D eigenvalue weighted by Crippen LogP contribution is 1.75. The van der Waals surface area contributed by atoms with Crippen molar-refractivity contribution in [3.63, 3.8) is 0 Å². The van der Waals surface area contributed by atoms with Gasteiger partial charge in [-0.15, -0.1) is 0 Å². The summed E-state index contributed by atoms with van der Waals surface area (Å²) in [5, 5.41) is 6.45. The van der Waals surface area contributed by atoms with Gasteiger partial charge in [-0.2, -0.15) is 0 Å². The second-order valence-corrected chi connectivity index (χ2v) is 3.91. The first-order chi connectivity index (χ1) is 9.41. The lowest BCUT2D eigenvalue weighted by Gasteiger charge is -2.08. The Labute approximate surface area is 116 Å². The van der Waals surface area contributed by atoms with E-state index < -0.39 is 0 Å². The molecule has 0 aliphatic heterocycles. The van der Waals surface area contributed by atoms with E-state index in [-0.39, 0.29) is 0 Å². The third-order valence-corrected chi connectivity index (χ3v) is 2.22. The van der Waals surface area contributed by atoms with Gasteiger partial charge < -0.3 is 36.3 Å². The second kappa shape index (κ2) is 17.7. The molecule has 116 valence electrons. The van der Waals surface area contributed by atoms with E-state index in [9.17, 15) is 0 Å². The summed E-state index contributed by atoms with van der Waals surface area (Å²) in [6, 6.07) is 0. The zero-order valence-electron chi connectivity index (χ0n) is 11.9. The maximum absolute atomic E-state index is 5.44. The van der Waals surface area contributed by atoms with Gasteiger partial charge in [-0.3, -0.25) is 0 Å². The molecule has 0 aromatic rings. The van der Waals surface area contributed by atoms with Crippen LogP contribution in [0.4, 0.5) is 0 Å². The van der Waals surface area contributed by atoms with E-state index >= 15 is 0 Å². The molecule has 0 aromatic heterocycles. The highest BCUT2D eigenvalue weighted by atomic mass is 16.5. The Kier molecular flexibility index (Phi) is 17.5. The van der Waals surface area contributed by atoms with Crippen molar-refractivity contribution in [1.29, 1.82) is 0 Å². The van der Waals surface area contributed by atoms with Crippen LogP contribution in [0, 0.1) is 0 Å². The quantitative estimate of drug-likeness (QED) is 0.245. The minimum atomic E-state index is 0.577. The van der Waals surface area contributed by atoms with Crippen LogP contribution in [0.15, 0.2) is 0 Å². The molecule has 0 aromatic carbocycles. The maximum Gasteiger partial charge on any atom is 0.0591 e. The number of hydrogen-bond donors (Lipinski definition) is 4. The van der Waals surface area contributed by atoms with E-state index in [1.54, 1.807) is 0 Å².